The van der Waals surface area contributed by atoms with Gasteiger partial charge in [0, 0.05) is 63.3 Å². The lowest BCUT2D eigenvalue weighted by Crippen LogP contribution is -2.38. The maximum absolute atomic E-state index is 13.0. The van der Waals surface area contributed by atoms with Crippen molar-refractivity contribution in [3.05, 3.63) is 52.6 Å². The molecule has 12 heteroatoms. The highest BCUT2D eigenvalue weighted by Gasteiger charge is 2.30. The van der Waals surface area contributed by atoms with E-state index in [1.807, 2.05) is 19.9 Å². The van der Waals surface area contributed by atoms with Crippen molar-refractivity contribution in [2.45, 2.75) is 90.8 Å². The molecule has 0 aromatic heterocycles. The van der Waals surface area contributed by atoms with Crippen LogP contribution in [0, 0.1) is 11.8 Å². The van der Waals surface area contributed by atoms with Gasteiger partial charge >= 0.3 is 6.09 Å². The maximum Gasteiger partial charge on any atom is 0.405 e. The molecule has 2 bridgehead atoms. The minimum absolute atomic E-state index is 0.00164. The van der Waals surface area contributed by atoms with E-state index in [4.69, 9.17) is 24.7 Å². The normalized spacial score (nSPS) is 26.9. The van der Waals surface area contributed by atoms with Crippen LogP contribution in [0.4, 0.5) is 10.5 Å². The van der Waals surface area contributed by atoms with Gasteiger partial charge in [-0.3, -0.25) is 14.7 Å². The molecular formula is C37H56N4O8. The number of aliphatic imine (C=N–C) groups is 1. The standard InChI is InChI=1S/C37H56N4O8/c1-23-13-14-28-32(39-15-18-41-16-8-9-17-41)29(42)21-27(33(28)43)22-40-36(44)24(2)11-10-12-30(46-5)35(49-37(38)45)26(4)20-25(3)34(48-7)31(19-23)47-6/h10-12,15,20-21,23,25,30-31,34-35,42-43H,8-9,13-14,16-19,22H2,1-7H3,(H2,38,45)(H,40,44)/t23-,25+,30+,31+,34-,35+/m1/s1. The summed E-state index contributed by atoms with van der Waals surface area (Å²) in [4.78, 5) is 31.9. The smallest absolute Gasteiger partial charge is 0.405 e. The number of hydrogen-bond donors (Lipinski definition) is 4. The number of amides is 2. The number of allylic oxidation sites excluding steroid dienone is 2. The van der Waals surface area contributed by atoms with E-state index in [-0.39, 0.29) is 48.0 Å². The van der Waals surface area contributed by atoms with E-state index in [9.17, 15) is 19.8 Å². The Kier molecular flexibility index (Phi) is 15.8. The number of hydrogen-bond acceptors (Lipinski definition) is 10. The van der Waals surface area contributed by atoms with E-state index in [1.54, 1.807) is 45.6 Å². The molecule has 6 atom stereocenters. The van der Waals surface area contributed by atoms with Gasteiger partial charge < -0.3 is 40.2 Å². The minimum Gasteiger partial charge on any atom is -0.507 e. The lowest BCUT2D eigenvalue weighted by atomic mass is 9.88. The predicted octanol–water partition coefficient (Wildman–Crippen LogP) is 5.08. The van der Waals surface area contributed by atoms with Crippen molar-refractivity contribution in [3.8, 4) is 11.5 Å². The van der Waals surface area contributed by atoms with Crippen molar-refractivity contribution in [3.63, 3.8) is 0 Å². The zero-order valence-electron chi connectivity index (χ0n) is 30.1. The van der Waals surface area contributed by atoms with Gasteiger partial charge in [-0.2, -0.15) is 0 Å². The Morgan fingerprint density at radius 3 is 2.47 bits per heavy atom. The van der Waals surface area contributed by atoms with E-state index in [0.717, 1.165) is 25.9 Å². The van der Waals surface area contributed by atoms with Crippen LogP contribution in [0.1, 0.15) is 64.5 Å². The third kappa shape index (κ3) is 11.4. The summed E-state index contributed by atoms with van der Waals surface area (Å²) in [6.07, 6.45) is 9.68. The van der Waals surface area contributed by atoms with Crippen molar-refractivity contribution in [1.82, 2.24) is 10.2 Å². The van der Waals surface area contributed by atoms with Crippen LogP contribution >= 0.6 is 0 Å². The number of ether oxygens (including phenoxy) is 4. The average molecular weight is 685 g/mol. The second kappa shape index (κ2) is 19.5. The first kappa shape index (κ1) is 39.7. The van der Waals surface area contributed by atoms with Crippen molar-refractivity contribution in [2.75, 3.05) is 41.0 Å². The molecule has 0 aliphatic carbocycles. The van der Waals surface area contributed by atoms with Gasteiger partial charge in [0.25, 0.3) is 0 Å². The summed E-state index contributed by atoms with van der Waals surface area (Å²) in [6, 6.07) is 1.46. The van der Waals surface area contributed by atoms with Crippen LogP contribution in [0.5, 0.6) is 11.5 Å². The zero-order chi connectivity index (χ0) is 36.1. The van der Waals surface area contributed by atoms with Gasteiger partial charge in [0.1, 0.15) is 23.3 Å². The number of aromatic hydroxyl groups is 2. The number of benzene rings is 1. The first-order valence-electron chi connectivity index (χ1n) is 17.1. The largest absolute Gasteiger partial charge is 0.507 e. The Morgan fingerprint density at radius 2 is 1.84 bits per heavy atom. The highest BCUT2D eigenvalue weighted by molar-refractivity contribution is 5.93. The number of likely N-dealkylation sites (tertiary alicyclic amines) is 1. The van der Waals surface area contributed by atoms with Gasteiger partial charge in [-0.15, -0.1) is 0 Å². The van der Waals surface area contributed by atoms with Crippen LogP contribution in [0.25, 0.3) is 0 Å². The Labute approximate surface area is 291 Å². The summed E-state index contributed by atoms with van der Waals surface area (Å²) in [7, 11) is 4.79. The fraction of sp³-hybridized carbons (Fsp3) is 0.595. The van der Waals surface area contributed by atoms with Crippen molar-refractivity contribution < 1.29 is 38.7 Å². The van der Waals surface area contributed by atoms with Crippen LogP contribution < -0.4 is 11.1 Å². The van der Waals surface area contributed by atoms with Gasteiger partial charge in [0.2, 0.25) is 5.91 Å². The second-order valence-electron chi connectivity index (χ2n) is 13.1. The van der Waals surface area contributed by atoms with Gasteiger partial charge in [0.15, 0.2) is 6.10 Å². The number of phenols is 2. The fourth-order valence-corrected chi connectivity index (χ4v) is 6.62. The summed E-state index contributed by atoms with van der Waals surface area (Å²) >= 11 is 0. The lowest BCUT2D eigenvalue weighted by molar-refractivity contribution is -0.117. The number of primary amides is 1. The maximum atomic E-state index is 13.0. The van der Waals surface area contributed by atoms with E-state index in [1.165, 1.54) is 13.2 Å². The number of fused-ring (bicyclic) bond motifs is 2. The molecule has 2 amide bonds. The number of carbonyl (C=O) groups excluding carboxylic acids is 2. The summed E-state index contributed by atoms with van der Waals surface area (Å²) in [5.41, 5.74) is 7.80. The van der Waals surface area contributed by atoms with E-state index >= 15 is 0 Å². The third-order valence-electron chi connectivity index (χ3n) is 9.40. The van der Waals surface area contributed by atoms with Crippen molar-refractivity contribution in [2.24, 2.45) is 22.6 Å². The summed E-state index contributed by atoms with van der Waals surface area (Å²) < 4.78 is 23.1. The number of nitrogens with zero attached hydrogens (tertiary/aromatic N) is 2. The molecule has 2 heterocycles. The Morgan fingerprint density at radius 1 is 1.12 bits per heavy atom. The van der Waals surface area contributed by atoms with Gasteiger partial charge in [0.05, 0.1) is 12.2 Å². The number of methoxy groups -OCH3 is 3. The van der Waals surface area contributed by atoms with E-state index < -0.39 is 18.3 Å². The Hall–Kier alpha value is -3.71. The molecular weight excluding hydrogens is 628 g/mol. The second-order valence-corrected chi connectivity index (χ2v) is 13.1. The number of nitrogens with one attached hydrogen (secondary N) is 1. The molecule has 5 N–H and O–H groups in total. The zero-order valence-corrected chi connectivity index (χ0v) is 30.1. The van der Waals surface area contributed by atoms with E-state index in [2.05, 4.69) is 22.1 Å². The molecule has 1 aromatic rings. The molecule has 272 valence electrons. The molecule has 2 aliphatic heterocycles. The minimum atomic E-state index is -0.942. The van der Waals surface area contributed by atoms with E-state index in [0.29, 0.717) is 53.8 Å². The topological polar surface area (TPSA) is 165 Å². The molecule has 2 aliphatic rings. The molecule has 0 unspecified atom stereocenters. The molecule has 12 nitrogen and oxygen atoms in total. The Balaban J connectivity index is 2.04. The summed E-state index contributed by atoms with van der Waals surface area (Å²) in [5, 5.41) is 25.5. The van der Waals surface area contributed by atoms with Crippen molar-refractivity contribution >= 4 is 23.9 Å². The predicted molar refractivity (Wildman–Crippen MR) is 190 cm³/mol. The first-order valence-corrected chi connectivity index (χ1v) is 17.1. The van der Waals surface area contributed by atoms with Crippen molar-refractivity contribution in [1.29, 1.82) is 0 Å². The Bertz CT molecular complexity index is 1380. The number of carbonyl (C=O) groups is 2. The third-order valence-corrected chi connectivity index (χ3v) is 9.40. The van der Waals surface area contributed by atoms with Crippen LogP contribution in [-0.4, -0.2) is 98.7 Å². The van der Waals surface area contributed by atoms with Crippen LogP contribution in [0.3, 0.4) is 0 Å². The first-order chi connectivity index (χ1) is 23.4. The molecule has 1 fully saturated rings. The number of phenolic OH excluding ortho intramolecular Hbond substituents is 2. The molecule has 3 rings (SSSR count). The average Bonchev–Trinajstić information content (AvgIpc) is 3.58. The molecule has 0 radical (unpaired) electrons. The van der Waals surface area contributed by atoms with Crippen LogP contribution in [0.2, 0.25) is 0 Å². The van der Waals surface area contributed by atoms with Gasteiger partial charge in [-0.1, -0.05) is 38.2 Å². The number of nitrogens with two attached hydrogens (primary N) is 1. The van der Waals surface area contributed by atoms with Gasteiger partial charge in [-0.25, -0.2) is 4.79 Å². The van der Waals surface area contributed by atoms with Crippen LogP contribution in [0.15, 0.2) is 46.5 Å². The molecule has 49 heavy (non-hydrogen) atoms. The fourth-order valence-electron chi connectivity index (χ4n) is 6.62. The number of rotatable bonds is 7. The molecule has 0 spiro atoms. The van der Waals surface area contributed by atoms with Crippen LogP contribution in [-0.2, 0) is 36.7 Å². The lowest BCUT2D eigenvalue weighted by Gasteiger charge is -2.31. The molecule has 1 saturated heterocycles. The quantitative estimate of drug-likeness (QED) is 0.174. The molecule has 0 saturated carbocycles. The highest BCUT2D eigenvalue weighted by Crippen LogP contribution is 2.41. The van der Waals surface area contributed by atoms with Gasteiger partial charge in [-0.05, 0) is 76.6 Å². The monoisotopic (exact) mass is 684 g/mol. The SMILES string of the molecule is CO[C@H]1[C@@H](OC)C[C@H](C)CCc2c(O)c(cc(O)c2N=CCN2CCCC2)CNC(=O)C(C)=CC=C[C@H](OC)[C@@H](OC(N)=O)C(C)=C[C@@H]1C. The summed E-state index contributed by atoms with van der Waals surface area (Å²) in [5.74, 6) is -0.447. The highest BCUT2D eigenvalue weighted by atomic mass is 16.6. The summed E-state index contributed by atoms with van der Waals surface area (Å²) in [6.45, 7) is 10.3. The molecule has 1 aromatic carbocycles.